The molecule has 11 heavy (non-hydrogen) atoms. The predicted octanol–water partition coefficient (Wildman–Crippen LogP) is -0.475. The molecule has 1 aliphatic heterocycles. The van der Waals surface area contributed by atoms with Crippen molar-refractivity contribution in [3.8, 4) is 0 Å². The van der Waals surface area contributed by atoms with Crippen molar-refractivity contribution < 1.29 is 10.2 Å². The Kier molecular flexibility index (Phi) is 1.47. The topological polar surface area (TPSA) is 52.5 Å². The van der Waals surface area contributed by atoms with Crippen LogP contribution in [0, 0.1) is 0 Å². The first-order valence-corrected chi connectivity index (χ1v) is 3.80. The molecule has 0 aromatic carbocycles. The molecule has 3 nitrogen and oxygen atoms in total. The number of nitrogens with one attached hydrogen (secondary N) is 1. The van der Waals surface area contributed by atoms with Gasteiger partial charge in [-0.15, -0.1) is 0 Å². The molecule has 60 valence electrons. The van der Waals surface area contributed by atoms with Crippen LogP contribution in [0.2, 0.25) is 0 Å². The van der Waals surface area contributed by atoms with Crippen molar-refractivity contribution in [2.45, 2.75) is 18.6 Å². The van der Waals surface area contributed by atoms with Gasteiger partial charge >= 0.3 is 0 Å². The Labute approximate surface area is 65.0 Å². The van der Waals surface area contributed by atoms with Gasteiger partial charge in [-0.25, -0.2) is 0 Å². The van der Waals surface area contributed by atoms with E-state index in [1.807, 2.05) is 0 Å². The first kappa shape index (κ1) is 6.88. The lowest BCUT2D eigenvalue weighted by Crippen LogP contribution is -2.26. The van der Waals surface area contributed by atoms with Crippen molar-refractivity contribution in [3.63, 3.8) is 0 Å². The highest BCUT2D eigenvalue weighted by Crippen LogP contribution is 2.24. The number of allylic oxidation sites excluding steroid dienone is 1. The minimum Gasteiger partial charge on any atom is -0.386 e. The van der Waals surface area contributed by atoms with E-state index >= 15 is 0 Å². The molecule has 1 aliphatic carbocycles. The van der Waals surface area contributed by atoms with E-state index in [1.165, 1.54) is 0 Å². The average Bonchev–Trinajstić information content (AvgIpc) is 2.36. The molecular weight excluding hydrogens is 142 g/mol. The second-order valence-corrected chi connectivity index (χ2v) is 2.93. The van der Waals surface area contributed by atoms with Gasteiger partial charge in [0.25, 0.3) is 0 Å². The number of aliphatic hydroxyl groups excluding tert-OH is 2. The monoisotopic (exact) mass is 153 g/mol. The zero-order valence-corrected chi connectivity index (χ0v) is 6.12. The van der Waals surface area contributed by atoms with Crippen molar-refractivity contribution in [2.24, 2.45) is 0 Å². The quantitative estimate of drug-likeness (QED) is 0.441. The van der Waals surface area contributed by atoms with Crippen molar-refractivity contribution >= 4 is 0 Å². The zero-order chi connectivity index (χ0) is 7.84. The lowest BCUT2D eigenvalue weighted by atomic mass is 10.00. The van der Waals surface area contributed by atoms with Crippen LogP contribution in [-0.4, -0.2) is 29.0 Å². The Hall–Kier alpha value is -0.800. The summed E-state index contributed by atoms with van der Waals surface area (Å²) in [7, 11) is 0. The fourth-order valence-electron chi connectivity index (χ4n) is 1.49. The number of aliphatic hydroxyl groups is 2. The molecule has 0 aromatic rings. The van der Waals surface area contributed by atoms with Crippen molar-refractivity contribution in [3.05, 3.63) is 23.4 Å². The van der Waals surface area contributed by atoms with Crippen LogP contribution >= 0.6 is 0 Å². The van der Waals surface area contributed by atoms with Gasteiger partial charge in [-0.1, -0.05) is 0 Å². The third-order valence-corrected chi connectivity index (χ3v) is 2.12. The van der Waals surface area contributed by atoms with E-state index in [2.05, 4.69) is 5.32 Å². The third kappa shape index (κ3) is 1.06. The summed E-state index contributed by atoms with van der Waals surface area (Å²) in [6.07, 6.45) is 2.90. The highest BCUT2D eigenvalue weighted by Gasteiger charge is 2.23. The van der Waals surface area contributed by atoms with Crippen molar-refractivity contribution in [1.82, 2.24) is 5.32 Å². The molecule has 0 amide bonds. The summed E-state index contributed by atoms with van der Waals surface area (Å²) in [5, 5.41) is 21.6. The number of rotatable bonds is 0. The highest BCUT2D eigenvalue weighted by molar-refractivity contribution is 5.39. The maximum absolute atomic E-state index is 9.23. The first-order valence-electron chi connectivity index (χ1n) is 3.80. The van der Waals surface area contributed by atoms with Crippen LogP contribution in [0.4, 0.5) is 0 Å². The largest absolute Gasteiger partial charge is 0.386 e. The molecule has 0 aromatic heterocycles. The Morgan fingerprint density at radius 3 is 2.82 bits per heavy atom. The maximum atomic E-state index is 9.23. The minimum atomic E-state index is -0.737. The Morgan fingerprint density at radius 1 is 1.27 bits per heavy atom. The van der Waals surface area contributed by atoms with Gasteiger partial charge in [-0.2, -0.15) is 0 Å². The summed E-state index contributed by atoms with van der Waals surface area (Å²) < 4.78 is 0. The molecule has 2 rings (SSSR count). The number of hydrogen-bond acceptors (Lipinski definition) is 3. The molecule has 3 N–H and O–H groups in total. The molecule has 2 unspecified atom stereocenters. The molecule has 1 fully saturated rings. The molecule has 0 saturated carbocycles. The van der Waals surface area contributed by atoms with Gasteiger partial charge in [0.15, 0.2) is 0 Å². The lowest BCUT2D eigenvalue weighted by molar-refractivity contribution is 0.0778. The van der Waals surface area contributed by atoms with Gasteiger partial charge in [-0.3, -0.25) is 0 Å². The van der Waals surface area contributed by atoms with E-state index in [0.29, 0.717) is 0 Å². The van der Waals surface area contributed by atoms with Gasteiger partial charge in [0, 0.05) is 12.2 Å². The Bertz CT molecular complexity index is 208. The van der Waals surface area contributed by atoms with Crippen molar-refractivity contribution in [1.29, 1.82) is 0 Å². The van der Waals surface area contributed by atoms with E-state index < -0.39 is 12.2 Å². The molecule has 3 heteroatoms. The van der Waals surface area contributed by atoms with Gasteiger partial charge < -0.3 is 15.5 Å². The van der Waals surface area contributed by atoms with Crippen LogP contribution in [-0.2, 0) is 0 Å². The first-order chi connectivity index (χ1) is 5.27. The normalized spacial score (nSPS) is 35.5. The molecule has 2 aliphatic rings. The van der Waals surface area contributed by atoms with Crippen LogP contribution < -0.4 is 5.32 Å². The summed E-state index contributed by atoms with van der Waals surface area (Å²) in [6.45, 7) is 0.914. The standard InChI is InChI=1S/C8H11NO2/c10-7-3-5-1-2-9-6(5)4-8(7)11/h3-4,7-11H,1-2H2. The van der Waals surface area contributed by atoms with Crippen LogP contribution in [0.1, 0.15) is 6.42 Å². The fraction of sp³-hybridized carbons (Fsp3) is 0.500. The van der Waals surface area contributed by atoms with Gasteiger partial charge in [0.05, 0.1) is 0 Å². The second-order valence-electron chi connectivity index (χ2n) is 2.93. The van der Waals surface area contributed by atoms with Gasteiger partial charge in [0.2, 0.25) is 0 Å². The SMILES string of the molecule is OC1C=C2CCNC2=CC1O. The van der Waals surface area contributed by atoms with E-state index in [4.69, 9.17) is 0 Å². The average molecular weight is 153 g/mol. The molecule has 0 radical (unpaired) electrons. The lowest BCUT2D eigenvalue weighted by Gasteiger charge is -2.18. The molecular formula is C8H11NO2. The van der Waals surface area contributed by atoms with Crippen LogP contribution in [0.5, 0.6) is 0 Å². The predicted molar refractivity (Wildman–Crippen MR) is 40.8 cm³/mol. The molecule has 0 bridgehead atoms. The van der Waals surface area contributed by atoms with E-state index in [0.717, 1.165) is 24.2 Å². The third-order valence-electron chi connectivity index (χ3n) is 2.12. The fourth-order valence-corrected chi connectivity index (χ4v) is 1.49. The second kappa shape index (κ2) is 2.36. The molecule has 2 atom stereocenters. The maximum Gasteiger partial charge on any atom is 0.104 e. The smallest absolute Gasteiger partial charge is 0.104 e. The Morgan fingerprint density at radius 2 is 2.00 bits per heavy atom. The van der Waals surface area contributed by atoms with Gasteiger partial charge in [-0.05, 0) is 24.1 Å². The molecule has 1 saturated heterocycles. The zero-order valence-electron chi connectivity index (χ0n) is 6.12. The molecule has 0 spiro atoms. The summed E-state index contributed by atoms with van der Waals surface area (Å²) in [4.78, 5) is 0. The highest BCUT2D eigenvalue weighted by atomic mass is 16.3. The summed E-state index contributed by atoms with van der Waals surface area (Å²) in [5.74, 6) is 0. The van der Waals surface area contributed by atoms with Crippen molar-refractivity contribution in [2.75, 3.05) is 6.54 Å². The molecule has 1 heterocycles. The van der Waals surface area contributed by atoms with Crippen LogP contribution in [0.25, 0.3) is 0 Å². The van der Waals surface area contributed by atoms with E-state index in [1.54, 1.807) is 12.2 Å². The summed E-state index contributed by atoms with van der Waals surface area (Å²) in [5.41, 5.74) is 2.12. The van der Waals surface area contributed by atoms with E-state index in [9.17, 15) is 10.2 Å². The number of hydrogen-bond donors (Lipinski definition) is 3. The summed E-state index contributed by atoms with van der Waals surface area (Å²) >= 11 is 0. The van der Waals surface area contributed by atoms with Crippen LogP contribution in [0.15, 0.2) is 23.4 Å². The van der Waals surface area contributed by atoms with Gasteiger partial charge in [0.1, 0.15) is 12.2 Å². The van der Waals surface area contributed by atoms with Crippen LogP contribution in [0.3, 0.4) is 0 Å². The minimum absolute atomic E-state index is 0.714. The van der Waals surface area contributed by atoms with E-state index in [-0.39, 0.29) is 0 Å². The number of fused-ring (bicyclic) bond motifs is 1. The Balaban J connectivity index is 2.29. The summed E-state index contributed by atoms with van der Waals surface area (Å²) in [6, 6.07) is 0.